The molecule has 2 aromatic rings. The number of thioether (sulfide) groups is 1. The Morgan fingerprint density at radius 1 is 1.17 bits per heavy atom. The molecule has 0 amide bonds. The van der Waals surface area contributed by atoms with Crippen molar-refractivity contribution >= 4 is 27.7 Å². The summed E-state index contributed by atoms with van der Waals surface area (Å²) in [5, 5.41) is 0. The van der Waals surface area contributed by atoms with Crippen molar-refractivity contribution in [3.8, 4) is 5.75 Å². The van der Waals surface area contributed by atoms with Crippen molar-refractivity contribution in [2.45, 2.75) is 10.6 Å². The van der Waals surface area contributed by atoms with Gasteiger partial charge in [-0.25, -0.2) is 4.39 Å². The van der Waals surface area contributed by atoms with E-state index in [1.807, 2.05) is 30.3 Å². The van der Waals surface area contributed by atoms with E-state index in [1.54, 1.807) is 13.2 Å². The lowest BCUT2D eigenvalue weighted by molar-refractivity contribution is 0.414. The molecule has 0 N–H and O–H groups in total. The summed E-state index contributed by atoms with van der Waals surface area (Å²) in [6.45, 7) is 0. The maximum Gasteiger partial charge on any atom is 0.137 e. The summed E-state index contributed by atoms with van der Waals surface area (Å²) in [6, 6.07) is 12.9. The molecule has 1 nitrogen and oxygen atoms in total. The van der Waals surface area contributed by atoms with Crippen molar-refractivity contribution in [3.05, 3.63) is 58.3 Å². The van der Waals surface area contributed by atoms with E-state index in [2.05, 4.69) is 15.9 Å². The fourth-order valence-electron chi connectivity index (χ4n) is 1.48. The van der Waals surface area contributed by atoms with Gasteiger partial charge in [0.25, 0.3) is 0 Å². The van der Waals surface area contributed by atoms with Crippen molar-refractivity contribution in [3.63, 3.8) is 0 Å². The summed E-state index contributed by atoms with van der Waals surface area (Å²) >= 11 is 4.73. The molecule has 0 fully saturated rings. The first-order chi connectivity index (χ1) is 8.69. The summed E-state index contributed by atoms with van der Waals surface area (Å²) in [6.07, 6.45) is 0. The van der Waals surface area contributed by atoms with Gasteiger partial charge < -0.3 is 4.74 Å². The fourth-order valence-corrected chi connectivity index (χ4v) is 2.68. The van der Waals surface area contributed by atoms with E-state index in [1.165, 1.54) is 17.8 Å². The minimum Gasteiger partial charge on any atom is -0.497 e. The Kier molecular flexibility index (Phi) is 4.66. The monoisotopic (exact) mass is 326 g/mol. The van der Waals surface area contributed by atoms with Gasteiger partial charge in [-0.15, -0.1) is 11.8 Å². The predicted octanol–water partition coefficient (Wildman–Crippen LogP) is 4.89. The van der Waals surface area contributed by atoms with Gasteiger partial charge in [-0.3, -0.25) is 0 Å². The largest absolute Gasteiger partial charge is 0.497 e. The number of methoxy groups -OCH3 is 1. The molecule has 0 unspecified atom stereocenters. The predicted molar refractivity (Wildman–Crippen MR) is 76.7 cm³/mol. The van der Waals surface area contributed by atoms with Crippen molar-refractivity contribution < 1.29 is 9.13 Å². The van der Waals surface area contributed by atoms with E-state index in [0.29, 0.717) is 4.90 Å². The molecule has 0 aliphatic carbocycles. The van der Waals surface area contributed by atoms with Crippen LogP contribution in [0.4, 0.5) is 4.39 Å². The minimum absolute atomic E-state index is 0.192. The molecule has 0 heterocycles. The molecule has 0 aliphatic heterocycles. The van der Waals surface area contributed by atoms with Crippen LogP contribution < -0.4 is 4.74 Å². The van der Waals surface area contributed by atoms with Crippen molar-refractivity contribution in [2.24, 2.45) is 0 Å². The minimum atomic E-state index is -0.192. The second-order valence-electron chi connectivity index (χ2n) is 3.71. The highest BCUT2D eigenvalue weighted by molar-refractivity contribution is 9.10. The molecule has 0 saturated carbocycles. The van der Waals surface area contributed by atoms with Gasteiger partial charge in [0.1, 0.15) is 11.6 Å². The van der Waals surface area contributed by atoms with Crippen LogP contribution in [0, 0.1) is 5.82 Å². The smallest absolute Gasteiger partial charge is 0.137 e. The molecule has 18 heavy (non-hydrogen) atoms. The van der Waals surface area contributed by atoms with Crippen molar-refractivity contribution in [2.75, 3.05) is 7.11 Å². The van der Waals surface area contributed by atoms with Crippen LogP contribution in [-0.2, 0) is 5.75 Å². The zero-order valence-corrected chi connectivity index (χ0v) is 12.2. The molecule has 2 aromatic carbocycles. The van der Waals surface area contributed by atoms with Gasteiger partial charge in [-0.1, -0.05) is 28.1 Å². The van der Waals surface area contributed by atoms with E-state index in [0.717, 1.165) is 21.5 Å². The molecule has 2 rings (SSSR count). The number of benzene rings is 2. The van der Waals surface area contributed by atoms with E-state index in [4.69, 9.17) is 4.74 Å². The van der Waals surface area contributed by atoms with E-state index in [9.17, 15) is 4.39 Å². The first-order valence-corrected chi connectivity index (χ1v) is 7.17. The highest BCUT2D eigenvalue weighted by Gasteiger charge is 2.04. The van der Waals surface area contributed by atoms with Gasteiger partial charge in [0.2, 0.25) is 0 Å². The Balaban J connectivity index is 2.02. The zero-order valence-electron chi connectivity index (χ0n) is 9.82. The number of hydrogen-bond acceptors (Lipinski definition) is 2. The number of rotatable bonds is 4. The standard InChI is InChI=1S/C14H12BrFOS/c1-17-12-5-2-10(3-6-12)9-18-14-7-4-11(15)8-13(14)16/h2-8H,9H2,1H3. The Morgan fingerprint density at radius 3 is 2.50 bits per heavy atom. The average molecular weight is 327 g/mol. The SMILES string of the molecule is COc1ccc(CSc2ccc(Br)cc2F)cc1. The molecule has 0 aliphatic rings. The molecule has 0 aromatic heterocycles. The van der Waals surface area contributed by atoms with Gasteiger partial charge in [0, 0.05) is 15.1 Å². The lowest BCUT2D eigenvalue weighted by Gasteiger charge is -2.05. The van der Waals surface area contributed by atoms with Crippen LogP contribution in [0.1, 0.15) is 5.56 Å². The summed E-state index contributed by atoms with van der Waals surface area (Å²) in [7, 11) is 1.64. The Labute approximate surface area is 118 Å². The lowest BCUT2D eigenvalue weighted by atomic mass is 10.2. The van der Waals surface area contributed by atoms with Gasteiger partial charge in [0.15, 0.2) is 0 Å². The molecule has 0 radical (unpaired) electrons. The van der Waals surface area contributed by atoms with Gasteiger partial charge in [-0.05, 0) is 35.9 Å². The molecule has 4 heteroatoms. The van der Waals surface area contributed by atoms with Crippen molar-refractivity contribution in [1.82, 2.24) is 0 Å². The highest BCUT2D eigenvalue weighted by atomic mass is 79.9. The second kappa shape index (κ2) is 6.25. The second-order valence-corrected chi connectivity index (χ2v) is 5.64. The lowest BCUT2D eigenvalue weighted by Crippen LogP contribution is -1.86. The molecule has 0 spiro atoms. The Hall–Kier alpha value is -1.00. The van der Waals surface area contributed by atoms with Crippen LogP contribution in [0.15, 0.2) is 51.8 Å². The van der Waals surface area contributed by atoms with Crippen LogP contribution in [0.3, 0.4) is 0 Å². The Morgan fingerprint density at radius 2 is 1.89 bits per heavy atom. The first-order valence-electron chi connectivity index (χ1n) is 5.40. The average Bonchev–Trinajstić information content (AvgIpc) is 2.38. The highest BCUT2D eigenvalue weighted by Crippen LogP contribution is 2.28. The van der Waals surface area contributed by atoms with Gasteiger partial charge in [-0.2, -0.15) is 0 Å². The van der Waals surface area contributed by atoms with Crippen molar-refractivity contribution in [1.29, 1.82) is 0 Å². The third kappa shape index (κ3) is 3.50. The molecule has 94 valence electrons. The number of halogens is 2. The topological polar surface area (TPSA) is 9.23 Å². The summed E-state index contributed by atoms with van der Waals surface area (Å²) in [5.41, 5.74) is 1.14. The van der Waals surface area contributed by atoms with Crippen LogP contribution in [0.25, 0.3) is 0 Å². The molecule has 0 saturated heterocycles. The van der Waals surface area contributed by atoms with Crippen LogP contribution in [0.5, 0.6) is 5.75 Å². The van der Waals surface area contributed by atoms with Crippen LogP contribution in [0.2, 0.25) is 0 Å². The molecular weight excluding hydrogens is 315 g/mol. The maximum absolute atomic E-state index is 13.6. The number of hydrogen-bond donors (Lipinski definition) is 0. The van der Waals surface area contributed by atoms with E-state index >= 15 is 0 Å². The van der Waals surface area contributed by atoms with Gasteiger partial charge in [0.05, 0.1) is 7.11 Å². The normalized spacial score (nSPS) is 10.4. The third-order valence-electron chi connectivity index (χ3n) is 2.45. The van der Waals surface area contributed by atoms with Crippen LogP contribution in [-0.4, -0.2) is 7.11 Å². The third-order valence-corrected chi connectivity index (χ3v) is 4.06. The molecule has 0 bridgehead atoms. The van der Waals surface area contributed by atoms with Crippen LogP contribution >= 0.6 is 27.7 Å². The first kappa shape index (κ1) is 13.4. The summed E-state index contributed by atoms with van der Waals surface area (Å²) < 4.78 is 19.5. The summed E-state index contributed by atoms with van der Waals surface area (Å²) in [5.74, 6) is 1.38. The van der Waals surface area contributed by atoms with E-state index < -0.39 is 0 Å². The zero-order chi connectivity index (χ0) is 13.0. The molecular formula is C14H12BrFOS. The van der Waals surface area contributed by atoms with E-state index in [-0.39, 0.29) is 5.82 Å². The maximum atomic E-state index is 13.6. The summed E-state index contributed by atoms with van der Waals surface area (Å²) in [4.78, 5) is 0.661. The quantitative estimate of drug-likeness (QED) is 0.740. The number of ether oxygens (including phenoxy) is 1. The van der Waals surface area contributed by atoms with Gasteiger partial charge >= 0.3 is 0 Å². The Bertz CT molecular complexity index is 528. The fraction of sp³-hybridized carbons (Fsp3) is 0.143. The molecule has 0 atom stereocenters.